The number of hydrogen-bond acceptors (Lipinski definition) is 5. The smallest absolute Gasteiger partial charge is 0.253 e. The predicted octanol–water partition coefficient (Wildman–Crippen LogP) is 2.77. The van der Waals surface area contributed by atoms with E-state index in [0.717, 1.165) is 11.3 Å². The quantitative estimate of drug-likeness (QED) is 0.709. The van der Waals surface area contributed by atoms with E-state index in [9.17, 15) is 13.2 Å². The van der Waals surface area contributed by atoms with Gasteiger partial charge in [0.1, 0.15) is 11.5 Å². The number of benzene rings is 2. The summed E-state index contributed by atoms with van der Waals surface area (Å²) in [5.74, 6) is 1.30. The molecule has 0 bridgehead atoms. The zero-order chi connectivity index (χ0) is 22.0. The highest BCUT2D eigenvalue weighted by Crippen LogP contribution is 2.35. The average molecular weight is 445 g/mol. The Morgan fingerprint density at radius 1 is 1.00 bits per heavy atom. The molecular formula is C23H28N2O5S. The van der Waals surface area contributed by atoms with Crippen molar-refractivity contribution in [2.24, 2.45) is 5.92 Å². The zero-order valence-corrected chi connectivity index (χ0v) is 18.7. The third kappa shape index (κ3) is 4.41. The summed E-state index contributed by atoms with van der Waals surface area (Å²) in [5, 5.41) is -0.443. The fraction of sp³-hybridized carbons (Fsp3) is 0.435. The van der Waals surface area contributed by atoms with Gasteiger partial charge >= 0.3 is 0 Å². The van der Waals surface area contributed by atoms with E-state index in [1.54, 1.807) is 47.7 Å². The van der Waals surface area contributed by atoms with Crippen molar-refractivity contribution in [3.63, 3.8) is 0 Å². The molecular weight excluding hydrogens is 416 g/mol. The molecule has 0 radical (unpaired) electrons. The maximum Gasteiger partial charge on any atom is 0.253 e. The Labute approximate surface area is 183 Å². The standard InChI is InChI=1S/C23H28N2O5S/c1-29-20-7-3-5-17(13-20)15-25-16-19-9-11-24(12-10-22(19)31(25,27)28)23(26)18-6-4-8-21(14-18)30-2/h3-8,13-14,19,22H,9-12,15-16H2,1-2H3/t19-,22-/m1/s1. The molecule has 2 atom stereocenters. The van der Waals surface area contributed by atoms with E-state index in [1.807, 2.05) is 24.3 Å². The summed E-state index contributed by atoms with van der Waals surface area (Å²) in [6.07, 6.45) is 1.13. The summed E-state index contributed by atoms with van der Waals surface area (Å²) >= 11 is 0. The molecule has 0 unspecified atom stereocenters. The summed E-state index contributed by atoms with van der Waals surface area (Å²) in [7, 11) is -0.251. The van der Waals surface area contributed by atoms with E-state index in [-0.39, 0.29) is 11.8 Å². The van der Waals surface area contributed by atoms with Gasteiger partial charge in [-0.3, -0.25) is 4.79 Å². The lowest BCUT2D eigenvalue weighted by molar-refractivity contribution is 0.0758. The largest absolute Gasteiger partial charge is 0.497 e. The van der Waals surface area contributed by atoms with Crippen molar-refractivity contribution < 1.29 is 22.7 Å². The lowest BCUT2D eigenvalue weighted by Gasteiger charge is -2.22. The molecule has 2 aromatic carbocycles. The highest BCUT2D eigenvalue weighted by atomic mass is 32.2. The molecule has 1 amide bonds. The summed E-state index contributed by atoms with van der Waals surface area (Å²) in [4.78, 5) is 14.7. The van der Waals surface area contributed by atoms with Crippen molar-refractivity contribution >= 4 is 15.9 Å². The van der Waals surface area contributed by atoms with Crippen molar-refractivity contribution in [2.75, 3.05) is 33.9 Å². The summed E-state index contributed by atoms with van der Waals surface area (Å²) in [6, 6.07) is 14.6. The molecule has 31 heavy (non-hydrogen) atoms. The molecule has 2 heterocycles. The van der Waals surface area contributed by atoms with Gasteiger partial charge in [0.05, 0.1) is 19.5 Å². The van der Waals surface area contributed by atoms with Gasteiger partial charge in [-0.2, -0.15) is 4.31 Å². The van der Waals surface area contributed by atoms with Crippen LogP contribution in [0.4, 0.5) is 0 Å². The second-order valence-corrected chi connectivity index (χ2v) is 10.2. The van der Waals surface area contributed by atoms with Crippen LogP contribution in [0, 0.1) is 5.92 Å². The van der Waals surface area contributed by atoms with Gasteiger partial charge in [-0.15, -0.1) is 0 Å². The van der Waals surface area contributed by atoms with Crippen molar-refractivity contribution in [1.29, 1.82) is 0 Å². The van der Waals surface area contributed by atoms with E-state index < -0.39 is 15.3 Å². The third-order valence-corrected chi connectivity index (χ3v) is 8.64. The van der Waals surface area contributed by atoms with Crippen LogP contribution < -0.4 is 9.47 Å². The van der Waals surface area contributed by atoms with E-state index in [4.69, 9.17) is 9.47 Å². The molecule has 2 aliphatic heterocycles. The first-order chi connectivity index (χ1) is 14.9. The van der Waals surface area contributed by atoms with E-state index in [0.29, 0.717) is 50.3 Å². The minimum Gasteiger partial charge on any atom is -0.497 e. The van der Waals surface area contributed by atoms with Crippen LogP contribution >= 0.6 is 0 Å². The van der Waals surface area contributed by atoms with Gasteiger partial charge in [0.25, 0.3) is 5.91 Å². The first kappa shape index (κ1) is 21.6. The number of ether oxygens (including phenoxy) is 2. The van der Waals surface area contributed by atoms with Gasteiger partial charge in [0, 0.05) is 31.7 Å². The molecule has 0 spiro atoms. The van der Waals surface area contributed by atoms with Gasteiger partial charge in [-0.1, -0.05) is 18.2 Å². The van der Waals surface area contributed by atoms with Crippen LogP contribution in [0.2, 0.25) is 0 Å². The van der Waals surface area contributed by atoms with Crippen LogP contribution in [0.3, 0.4) is 0 Å². The zero-order valence-electron chi connectivity index (χ0n) is 17.9. The van der Waals surface area contributed by atoms with Crippen LogP contribution in [-0.4, -0.2) is 62.6 Å². The molecule has 0 aromatic heterocycles. The summed E-state index contributed by atoms with van der Waals surface area (Å²) in [5.41, 5.74) is 1.48. The summed E-state index contributed by atoms with van der Waals surface area (Å²) in [6.45, 7) is 1.83. The van der Waals surface area contributed by atoms with Crippen molar-refractivity contribution in [3.05, 3.63) is 59.7 Å². The SMILES string of the molecule is COc1cccc(CN2C[C@H]3CCN(C(=O)c4cccc(OC)c4)CC[C@H]3S2(=O)=O)c1. The second kappa shape index (κ2) is 8.88. The molecule has 8 heteroatoms. The lowest BCUT2D eigenvalue weighted by atomic mass is 10.0. The number of likely N-dealkylation sites (tertiary alicyclic amines) is 1. The number of fused-ring (bicyclic) bond motifs is 1. The molecule has 7 nitrogen and oxygen atoms in total. The number of hydrogen-bond donors (Lipinski definition) is 0. The monoisotopic (exact) mass is 444 g/mol. The van der Waals surface area contributed by atoms with Gasteiger partial charge in [-0.25, -0.2) is 8.42 Å². The second-order valence-electron chi connectivity index (χ2n) is 8.09. The first-order valence-corrected chi connectivity index (χ1v) is 12.0. The molecule has 0 N–H and O–H groups in total. The third-order valence-electron chi connectivity index (χ3n) is 6.26. The van der Waals surface area contributed by atoms with Gasteiger partial charge in [0.15, 0.2) is 0 Å². The van der Waals surface area contributed by atoms with Crippen molar-refractivity contribution in [2.45, 2.75) is 24.6 Å². The van der Waals surface area contributed by atoms with Crippen molar-refractivity contribution in [3.8, 4) is 11.5 Å². The van der Waals surface area contributed by atoms with Crippen LogP contribution in [0.1, 0.15) is 28.8 Å². The van der Waals surface area contributed by atoms with E-state index in [2.05, 4.69) is 0 Å². The molecule has 166 valence electrons. The number of amides is 1. The molecule has 0 saturated carbocycles. The van der Waals surface area contributed by atoms with Gasteiger partial charge in [0.2, 0.25) is 10.0 Å². The number of rotatable bonds is 5. The minimum atomic E-state index is -3.42. The first-order valence-electron chi connectivity index (χ1n) is 10.5. The predicted molar refractivity (Wildman–Crippen MR) is 118 cm³/mol. The minimum absolute atomic E-state index is 0.0266. The topological polar surface area (TPSA) is 76.2 Å². The van der Waals surface area contributed by atoms with Gasteiger partial charge in [-0.05, 0) is 54.7 Å². The Kier molecular flexibility index (Phi) is 6.20. The fourth-order valence-corrected chi connectivity index (χ4v) is 6.79. The van der Waals surface area contributed by atoms with Gasteiger partial charge < -0.3 is 14.4 Å². The Balaban J connectivity index is 1.45. The number of carbonyl (C=O) groups is 1. The van der Waals surface area contributed by atoms with Crippen LogP contribution in [0.15, 0.2) is 48.5 Å². The van der Waals surface area contributed by atoms with Crippen LogP contribution in [0.25, 0.3) is 0 Å². The molecule has 2 saturated heterocycles. The maximum absolute atomic E-state index is 13.2. The van der Waals surface area contributed by atoms with Crippen LogP contribution in [0.5, 0.6) is 11.5 Å². The Morgan fingerprint density at radius 2 is 1.68 bits per heavy atom. The molecule has 2 aromatic rings. The maximum atomic E-state index is 13.2. The Morgan fingerprint density at radius 3 is 2.42 bits per heavy atom. The molecule has 0 aliphatic carbocycles. The molecule has 2 fully saturated rings. The Bertz CT molecular complexity index is 1060. The summed E-state index contributed by atoms with van der Waals surface area (Å²) < 4.78 is 38.6. The molecule has 2 aliphatic rings. The Hall–Kier alpha value is -2.58. The van der Waals surface area contributed by atoms with E-state index in [1.165, 1.54) is 0 Å². The fourth-order valence-electron chi connectivity index (χ4n) is 4.57. The number of methoxy groups -OCH3 is 2. The highest BCUT2D eigenvalue weighted by Gasteiger charge is 2.47. The molecule has 4 rings (SSSR count). The number of nitrogens with zero attached hydrogens (tertiary/aromatic N) is 2. The van der Waals surface area contributed by atoms with Crippen LogP contribution in [-0.2, 0) is 16.6 Å². The van der Waals surface area contributed by atoms with Crippen molar-refractivity contribution in [1.82, 2.24) is 9.21 Å². The lowest BCUT2D eigenvalue weighted by Crippen LogP contribution is -2.34. The highest BCUT2D eigenvalue weighted by molar-refractivity contribution is 7.90. The van der Waals surface area contributed by atoms with E-state index >= 15 is 0 Å². The normalized spacial score (nSPS) is 23.1. The average Bonchev–Trinajstić information content (AvgIpc) is 2.92. The number of sulfonamides is 1. The number of carbonyl (C=O) groups excluding carboxylic acids is 1.